The van der Waals surface area contributed by atoms with Crippen LogP contribution in [0.1, 0.15) is 31.2 Å². The topological polar surface area (TPSA) is 64.3 Å². The largest absolute Gasteiger partial charge is 0.383 e. The zero-order valence-electron chi connectivity index (χ0n) is 12.4. The molecule has 0 radical (unpaired) electrons. The molecule has 0 bridgehead atoms. The summed E-state index contributed by atoms with van der Waals surface area (Å²) in [7, 11) is 1.54. The summed E-state index contributed by atoms with van der Waals surface area (Å²) in [5.74, 6) is -0.162. The number of hydrogen-bond acceptors (Lipinski definition) is 3. The van der Waals surface area contributed by atoms with Crippen LogP contribution in [-0.2, 0) is 14.9 Å². The summed E-state index contributed by atoms with van der Waals surface area (Å²) in [6.45, 7) is 0.833. The minimum absolute atomic E-state index is 0.0205. The molecule has 3 N–H and O–H groups in total. The second-order valence-electron chi connectivity index (χ2n) is 5.78. The Bertz CT molecular complexity index is 487. The van der Waals surface area contributed by atoms with Gasteiger partial charge in [-0.05, 0) is 30.5 Å². The molecule has 1 unspecified atom stereocenters. The summed E-state index contributed by atoms with van der Waals surface area (Å²) in [6.07, 6.45) is 4.47. The first-order valence-corrected chi connectivity index (χ1v) is 7.73. The quantitative estimate of drug-likeness (QED) is 0.847. The highest BCUT2D eigenvalue weighted by atomic mass is 35.5. The lowest BCUT2D eigenvalue weighted by atomic mass is 9.79. The molecule has 4 nitrogen and oxygen atoms in total. The number of amides is 1. The Hall–Kier alpha value is -1.10. The Kier molecular flexibility index (Phi) is 5.62. The standard InChI is InChI=1S/C16H23ClN2O2/c1-21-10-14(18)15(20)19-11-16(7-2-3-8-16)12-5-4-6-13(17)9-12/h4-6,9,14H,2-3,7-8,10-11,18H2,1H3,(H,19,20). The van der Waals surface area contributed by atoms with Gasteiger partial charge in [-0.25, -0.2) is 0 Å². The normalized spacial score (nSPS) is 18.4. The number of nitrogens with one attached hydrogen (secondary N) is 1. The summed E-state index contributed by atoms with van der Waals surface area (Å²) < 4.78 is 4.92. The first kappa shape index (κ1) is 16.3. The second kappa shape index (κ2) is 7.25. The fourth-order valence-electron chi connectivity index (χ4n) is 3.08. The van der Waals surface area contributed by atoms with Crippen molar-refractivity contribution in [2.75, 3.05) is 20.3 Å². The zero-order valence-corrected chi connectivity index (χ0v) is 13.2. The molecule has 2 rings (SSSR count). The Morgan fingerprint density at radius 2 is 2.19 bits per heavy atom. The lowest BCUT2D eigenvalue weighted by molar-refractivity contribution is -0.123. The van der Waals surface area contributed by atoms with Crippen LogP contribution in [0.4, 0.5) is 0 Å². The van der Waals surface area contributed by atoms with Crippen molar-refractivity contribution in [2.24, 2.45) is 5.73 Å². The summed E-state index contributed by atoms with van der Waals surface area (Å²) >= 11 is 6.12. The monoisotopic (exact) mass is 310 g/mol. The number of ether oxygens (including phenoxy) is 1. The van der Waals surface area contributed by atoms with Gasteiger partial charge in [0.1, 0.15) is 6.04 Å². The van der Waals surface area contributed by atoms with Crippen LogP contribution in [0.25, 0.3) is 0 Å². The van der Waals surface area contributed by atoms with Crippen LogP contribution < -0.4 is 11.1 Å². The molecule has 0 saturated heterocycles. The SMILES string of the molecule is COCC(N)C(=O)NCC1(c2cccc(Cl)c2)CCCC1. The Labute approximate surface area is 131 Å². The maximum atomic E-state index is 12.0. The molecule has 1 aromatic rings. The number of rotatable bonds is 6. The van der Waals surface area contributed by atoms with E-state index in [0.29, 0.717) is 6.54 Å². The first-order chi connectivity index (χ1) is 10.1. The molecule has 1 atom stereocenters. The lowest BCUT2D eigenvalue weighted by Gasteiger charge is -2.30. The van der Waals surface area contributed by atoms with Crippen molar-refractivity contribution < 1.29 is 9.53 Å². The number of methoxy groups -OCH3 is 1. The van der Waals surface area contributed by atoms with Gasteiger partial charge in [-0.15, -0.1) is 0 Å². The van der Waals surface area contributed by atoms with E-state index in [1.807, 2.05) is 18.2 Å². The molecule has 0 heterocycles. The van der Waals surface area contributed by atoms with Gasteiger partial charge in [-0.3, -0.25) is 4.79 Å². The number of carbonyl (C=O) groups is 1. The van der Waals surface area contributed by atoms with Crippen LogP contribution >= 0.6 is 11.6 Å². The Morgan fingerprint density at radius 1 is 1.48 bits per heavy atom. The van der Waals surface area contributed by atoms with E-state index in [4.69, 9.17) is 22.1 Å². The molecule has 1 aliphatic rings. The average molecular weight is 311 g/mol. The van der Waals surface area contributed by atoms with E-state index in [0.717, 1.165) is 17.9 Å². The molecular weight excluding hydrogens is 288 g/mol. The zero-order chi connectivity index (χ0) is 15.3. The van der Waals surface area contributed by atoms with Crippen molar-refractivity contribution in [2.45, 2.75) is 37.1 Å². The molecule has 1 aromatic carbocycles. The van der Waals surface area contributed by atoms with Crippen LogP contribution in [0.2, 0.25) is 5.02 Å². The van der Waals surface area contributed by atoms with Gasteiger partial charge < -0.3 is 15.8 Å². The second-order valence-corrected chi connectivity index (χ2v) is 6.21. The number of nitrogens with two attached hydrogens (primary N) is 1. The van der Waals surface area contributed by atoms with Crippen molar-refractivity contribution in [3.8, 4) is 0 Å². The average Bonchev–Trinajstić information content (AvgIpc) is 2.95. The fourth-order valence-corrected chi connectivity index (χ4v) is 3.27. The molecule has 5 heteroatoms. The molecule has 1 aliphatic carbocycles. The van der Waals surface area contributed by atoms with Gasteiger partial charge in [-0.2, -0.15) is 0 Å². The number of benzene rings is 1. The molecular formula is C16H23ClN2O2. The molecule has 1 fully saturated rings. The molecule has 1 amide bonds. The van der Waals surface area contributed by atoms with Crippen LogP contribution in [0, 0.1) is 0 Å². The third kappa shape index (κ3) is 3.96. The van der Waals surface area contributed by atoms with Crippen LogP contribution in [0.3, 0.4) is 0 Å². The smallest absolute Gasteiger partial charge is 0.239 e. The van der Waals surface area contributed by atoms with Gasteiger partial charge in [0.2, 0.25) is 5.91 Å². The van der Waals surface area contributed by atoms with Crippen LogP contribution in [0.15, 0.2) is 24.3 Å². The summed E-state index contributed by atoms with van der Waals surface area (Å²) in [4.78, 5) is 12.0. The van der Waals surface area contributed by atoms with Gasteiger partial charge in [0, 0.05) is 24.1 Å². The van der Waals surface area contributed by atoms with Crippen molar-refractivity contribution >= 4 is 17.5 Å². The predicted molar refractivity (Wildman–Crippen MR) is 84.5 cm³/mol. The molecule has 116 valence electrons. The maximum Gasteiger partial charge on any atom is 0.239 e. The van der Waals surface area contributed by atoms with Gasteiger partial charge in [0.25, 0.3) is 0 Å². The van der Waals surface area contributed by atoms with E-state index in [-0.39, 0.29) is 17.9 Å². The van der Waals surface area contributed by atoms with E-state index in [9.17, 15) is 4.79 Å². The first-order valence-electron chi connectivity index (χ1n) is 7.36. The molecule has 0 spiro atoms. The van der Waals surface area contributed by atoms with E-state index >= 15 is 0 Å². The summed E-state index contributed by atoms with van der Waals surface area (Å²) in [6, 6.07) is 7.33. The van der Waals surface area contributed by atoms with Gasteiger partial charge >= 0.3 is 0 Å². The van der Waals surface area contributed by atoms with E-state index < -0.39 is 6.04 Å². The highest BCUT2D eigenvalue weighted by Crippen LogP contribution is 2.41. The third-order valence-electron chi connectivity index (χ3n) is 4.28. The number of carbonyl (C=O) groups excluding carboxylic acids is 1. The molecule has 21 heavy (non-hydrogen) atoms. The minimum Gasteiger partial charge on any atom is -0.383 e. The molecule has 0 aromatic heterocycles. The highest BCUT2D eigenvalue weighted by Gasteiger charge is 2.36. The van der Waals surface area contributed by atoms with E-state index in [2.05, 4.69) is 11.4 Å². The minimum atomic E-state index is -0.618. The van der Waals surface area contributed by atoms with Crippen molar-refractivity contribution in [1.82, 2.24) is 5.32 Å². The molecule has 0 aliphatic heterocycles. The van der Waals surface area contributed by atoms with Gasteiger partial charge in [0.05, 0.1) is 6.61 Å². The Balaban J connectivity index is 2.07. The summed E-state index contributed by atoms with van der Waals surface area (Å²) in [5, 5.41) is 3.72. The van der Waals surface area contributed by atoms with Crippen LogP contribution in [-0.4, -0.2) is 32.2 Å². The van der Waals surface area contributed by atoms with Crippen molar-refractivity contribution in [3.05, 3.63) is 34.9 Å². The maximum absolute atomic E-state index is 12.0. The lowest BCUT2D eigenvalue weighted by Crippen LogP contribution is -2.47. The Morgan fingerprint density at radius 3 is 2.81 bits per heavy atom. The highest BCUT2D eigenvalue weighted by molar-refractivity contribution is 6.30. The molecule has 1 saturated carbocycles. The van der Waals surface area contributed by atoms with Crippen LogP contribution in [0.5, 0.6) is 0 Å². The summed E-state index contributed by atoms with van der Waals surface area (Å²) in [5.41, 5.74) is 6.94. The fraction of sp³-hybridized carbons (Fsp3) is 0.562. The third-order valence-corrected chi connectivity index (χ3v) is 4.52. The van der Waals surface area contributed by atoms with E-state index in [1.165, 1.54) is 25.5 Å². The predicted octanol–water partition coefficient (Wildman–Crippen LogP) is 2.24. The van der Waals surface area contributed by atoms with E-state index in [1.54, 1.807) is 0 Å². The van der Waals surface area contributed by atoms with Crippen molar-refractivity contribution in [3.63, 3.8) is 0 Å². The number of hydrogen-bond donors (Lipinski definition) is 2. The van der Waals surface area contributed by atoms with Gasteiger partial charge in [0.15, 0.2) is 0 Å². The van der Waals surface area contributed by atoms with Crippen molar-refractivity contribution in [1.29, 1.82) is 0 Å². The van der Waals surface area contributed by atoms with Gasteiger partial charge in [-0.1, -0.05) is 36.6 Å². The number of halogens is 1.